The first-order chi connectivity index (χ1) is 9.20. The molecule has 0 spiro atoms. The Labute approximate surface area is 124 Å². The molecule has 4 heteroatoms. The summed E-state index contributed by atoms with van der Waals surface area (Å²) in [5.41, 5.74) is 1.27. The third kappa shape index (κ3) is 3.07. The molecule has 1 atom stereocenters. The molecule has 2 aromatic rings. The highest BCUT2D eigenvalue weighted by Gasteiger charge is 2.22. The number of phenolic OH excluding ortho intramolecular Hbond substituents is 1. The topological polar surface area (TPSA) is 29.5 Å². The molecule has 0 radical (unpaired) electrons. The summed E-state index contributed by atoms with van der Waals surface area (Å²) >= 11 is 5.24. The monoisotopic (exact) mass is 336 g/mol. The van der Waals surface area contributed by atoms with E-state index >= 15 is 0 Å². The average molecular weight is 337 g/mol. The molecular weight excluding hydrogens is 324 g/mol. The summed E-state index contributed by atoms with van der Waals surface area (Å²) in [4.78, 5) is 1.15. The summed E-state index contributed by atoms with van der Waals surface area (Å²) in [5, 5.41) is 9.24. The van der Waals surface area contributed by atoms with E-state index in [4.69, 9.17) is 4.74 Å². The van der Waals surface area contributed by atoms with Gasteiger partial charge in [-0.15, -0.1) is 11.8 Å². The molecule has 3 rings (SSSR count). The number of phenols is 1. The van der Waals surface area contributed by atoms with E-state index in [1.54, 1.807) is 23.9 Å². The van der Waals surface area contributed by atoms with Gasteiger partial charge in [-0.2, -0.15) is 0 Å². The Morgan fingerprint density at radius 3 is 2.79 bits per heavy atom. The van der Waals surface area contributed by atoms with Gasteiger partial charge in [0.25, 0.3) is 0 Å². The van der Waals surface area contributed by atoms with Gasteiger partial charge in [0.05, 0.1) is 0 Å². The van der Waals surface area contributed by atoms with Gasteiger partial charge in [-0.05, 0) is 48.0 Å². The minimum atomic E-state index is 0.225. The Hall–Kier alpha value is -1.13. The second kappa shape index (κ2) is 5.47. The number of fused-ring (bicyclic) bond motifs is 1. The van der Waals surface area contributed by atoms with Crippen LogP contribution in [0.25, 0.3) is 0 Å². The Morgan fingerprint density at radius 2 is 2.00 bits per heavy atom. The van der Waals surface area contributed by atoms with Crippen LogP contribution in [0.1, 0.15) is 5.56 Å². The van der Waals surface area contributed by atoms with Crippen LogP contribution >= 0.6 is 27.7 Å². The highest BCUT2D eigenvalue weighted by atomic mass is 79.9. The van der Waals surface area contributed by atoms with E-state index in [0.29, 0.717) is 5.75 Å². The maximum Gasteiger partial charge on any atom is 0.123 e. The van der Waals surface area contributed by atoms with Gasteiger partial charge in [-0.1, -0.05) is 15.9 Å². The molecule has 0 saturated carbocycles. The number of aromatic hydroxyl groups is 1. The summed E-state index contributed by atoms with van der Waals surface area (Å²) in [6, 6.07) is 13.4. The second-order valence-corrected chi connectivity index (χ2v) is 6.51. The minimum absolute atomic E-state index is 0.225. The summed E-state index contributed by atoms with van der Waals surface area (Å²) < 4.78 is 7.02. The van der Waals surface area contributed by atoms with Gasteiger partial charge in [0.1, 0.15) is 17.6 Å². The molecule has 1 aliphatic rings. The molecule has 19 heavy (non-hydrogen) atoms. The van der Waals surface area contributed by atoms with E-state index < -0.39 is 0 Å². The van der Waals surface area contributed by atoms with Crippen LogP contribution in [0.15, 0.2) is 51.8 Å². The summed E-state index contributed by atoms with van der Waals surface area (Å²) in [6.07, 6.45) is 1.18. The zero-order valence-electron chi connectivity index (χ0n) is 10.2. The van der Waals surface area contributed by atoms with E-state index in [1.807, 2.05) is 24.3 Å². The number of ether oxygens (including phenoxy) is 1. The van der Waals surface area contributed by atoms with Gasteiger partial charge < -0.3 is 9.84 Å². The zero-order valence-corrected chi connectivity index (χ0v) is 12.6. The lowest BCUT2D eigenvalue weighted by Crippen LogP contribution is -2.15. The van der Waals surface area contributed by atoms with Gasteiger partial charge in [0.2, 0.25) is 0 Å². The van der Waals surface area contributed by atoms with Crippen molar-refractivity contribution >= 4 is 27.7 Å². The van der Waals surface area contributed by atoms with Gasteiger partial charge in [0, 0.05) is 21.5 Å². The van der Waals surface area contributed by atoms with Crippen molar-refractivity contribution in [3.05, 3.63) is 52.5 Å². The van der Waals surface area contributed by atoms with Crippen molar-refractivity contribution in [1.29, 1.82) is 0 Å². The minimum Gasteiger partial charge on any atom is -0.508 e. The molecule has 0 aromatic heterocycles. The molecule has 0 fully saturated rings. The number of thioether (sulfide) groups is 1. The highest BCUT2D eigenvalue weighted by molar-refractivity contribution is 9.10. The van der Waals surface area contributed by atoms with Crippen molar-refractivity contribution in [1.82, 2.24) is 0 Å². The van der Waals surface area contributed by atoms with E-state index in [1.165, 1.54) is 5.56 Å². The standard InChI is InChI=1S/C15H13BrO2S/c16-11-1-6-15-10(7-11)8-13(18-15)9-19-14-4-2-12(17)3-5-14/h1-7,13,17H,8-9H2. The van der Waals surface area contributed by atoms with Crippen molar-refractivity contribution in [2.75, 3.05) is 5.75 Å². The molecule has 1 heterocycles. The van der Waals surface area contributed by atoms with Gasteiger partial charge in [-0.25, -0.2) is 0 Å². The third-order valence-electron chi connectivity index (χ3n) is 3.04. The molecule has 0 bridgehead atoms. The fourth-order valence-electron chi connectivity index (χ4n) is 2.11. The number of benzene rings is 2. The number of rotatable bonds is 3. The van der Waals surface area contributed by atoms with Crippen molar-refractivity contribution in [2.45, 2.75) is 17.4 Å². The van der Waals surface area contributed by atoms with Crippen molar-refractivity contribution in [3.8, 4) is 11.5 Å². The highest BCUT2D eigenvalue weighted by Crippen LogP contribution is 2.33. The quantitative estimate of drug-likeness (QED) is 0.849. The van der Waals surface area contributed by atoms with Crippen LogP contribution in [0.2, 0.25) is 0 Å². The van der Waals surface area contributed by atoms with Crippen LogP contribution in [0.3, 0.4) is 0 Å². The molecule has 0 saturated heterocycles. The SMILES string of the molecule is Oc1ccc(SCC2Cc3cc(Br)ccc3O2)cc1. The van der Waals surface area contributed by atoms with Gasteiger partial charge in [0.15, 0.2) is 0 Å². The first-order valence-electron chi connectivity index (χ1n) is 6.07. The van der Waals surface area contributed by atoms with Crippen molar-refractivity contribution in [2.24, 2.45) is 0 Å². The predicted molar refractivity (Wildman–Crippen MR) is 81.1 cm³/mol. The largest absolute Gasteiger partial charge is 0.508 e. The number of hydrogen-bond acceptors (Lipinski definition) is 3. The van der Waals surface area contributed by atoms with Crippen molar-refractivity contribution < 1.29 is 9.84 Å². The predicted octanol–water partition coefficient (Wildman–Crippen LogP) is 4.25. The van der Waals surface area contributed by atoms with Gasteiger partial charge in [-0.3, -0.25) is 0 Å². The Morgan fingerprint density at radius 1 is 1.21 bits per heavy atom. The zero-order chi connectivity index (χ0) is 13.2. The average Bonchev–Trinajstić information content (AvgIpc) is 2.80. The molecule has 1 N–H and O–H groups in total. The van der Waals surface area contributed by atoms with Gasteiger partial charge >= 0.3 is 0 Å². The van der Waals surface area contributed by atoms with Crippen LogP contribution in [0.5, 0.6) is 11.5 Å². The first-order valence-corrected chi connectivity index (χ1v) is 7.85. The first kappa shape index (κ1) is 12.9. The number of halogens is 1. The van der Waals surface area contributed by atoms with E-state index in [0.717, 1.165) is 27.3 Å². The van der Waals surface area contributed by atoms with Crippen LogP contribution in [0, 0.1) is 0 Å². The molecule has 1 unspecified atom stereocenters. The van der Waals surface area contributed by atoms with E-state index in [9.17, 15) is 5.11 Å². The molecule has 2 nitrogen and oxygen atoms in total. The Kier molecular flexibility index (Phi) is 3.71. The lowest BCUT2D eigenvalue weighted by molar-refractivity contribution is 0.259. The lowest BCUT2D eigenvalue weighted by atomic mass is 10.1. The summed E-state index contributed by atoms with van der Waals surface area (Å²) in [5.74, 6) is 2.22. The third-order valence-corrected chi connectivity index (χ3v) is 4.67. The number of hydrogen-bond donors (Lipinski definition) is 1. The molecule has 0 aliphatic carbocycles. The maximum atomic E-state index is 9.24. The van der Waals surface area contributed by atoms with Crippen LogP contribution < -0.4 is 4.74 Å². The van der Waals surface area contributed by atoms with Crippen LogP contribution in [-0.2, 0) is 6.42 Å². The van der Waals surface area contributed by atoms with Crippen LogP contribution in [0.4, 0.5) is 0 Å². The summed E-state index contributed by atoms with van der Waals surface area (Å²) in [7, 11) is 0. The Bertz CT molecular complexity index is 583. The molecule has 98 valence electrons. The maximum absolute atomic E-state index is 9.24. The molecular formula is C15H13BrO2S. The van der Waals surface area contributed by atoms with Crippen molar-refractivity contribution in [3.63, 3.8) is 0 Å². The smallest absolute Gasteiger partial charge is 0.123 e. The molecule has 1 aliphatic heterocycles. The lowest BCUT2D eigenvalue weighted by Gasteiger charge is -2.10. The second-order valence-electron chi connectivity index (χ2n) is 4.50. The molecule has 0 amide bonds. The molecule has 2 aromatic carbocycles. The summed E-state index contributed by atoms with van der Waals surface area (Å²) in [6.45, 7) is 0. The fraction of sp³-hybridized carbons (Fsp3) is 0.200. The fourth-order valence-corrected chi connectivity index (χ4v) is 3.41. The van der Waals surface area contributed by atoms with Crippen LogP contribution in [-0.4, -0.2) is 17.0 Å². The van der Waals surface area contributed by atoms with E-state index in [2.05, 4.69) is 22.0 Å². The van der Waals surface area contributed by atoms with E-state index in [-0.39, 0.29) is 6.10 Å². The Balaban J connectivity index is 1.60. The normalized spacial score (nSPS) is 17.0.